The lowest BCUT2D eigenvalue weighted by molar-refractivity contribution is 0.0986. The van der Waals surface area contributed by atoms with Crippen molar-refractivity contribution < 1.29 is 4.79 Å². The number of hydrogen-bond donors (Lipinski definition) is 0. The summed E-state index contributed by atoms with van der Waals surface area (Å²) in [7, 11) is 0. The van der Waals surface area contributed by atoms with Gasteiger partial charge in [-0.3, -0.25) is 9.69 Å². The smallest absolute Gasteiger partial charge is 0.261 e. The molecule has 0 atom stereocenters. The van der Waals surface area contributed by atoms with E-state index in [0.29, 0.717) is 12.1 Å². The van der Waals surface area contributed by atoms with Crippen LogP contribution < -0.4 is 4.90 Å². The van der Waals surface area contributed by atoms with Crippen molar-refractivity contribution in [3.8, 4) is 0 Å². The first-order valence-electron chi connectivity index (χ1n) is 10.5. The van der Waals surface area contributed by atoms with Gasteiger partial charge in [0.15, 0.2) is 5.13 Å². The van der Waals surface area contributed by atoms with Crippen molar-refractivity contribution in [2.45, 2.75) is 19.9 Å². The number of hydrogen-bond acceptors (Lipinski definition) is 3. The number of amides is 1. The molecule has 0 fully saturated rings. The van der Waals surface area contributed by atoms with E-state index in [0.717, 1.165) is 38.1 Å². The Bertz CT molecular complexity index is 1370. The van der Waals surface area contributed by atoms with E-state index < -0.39 is 0 Å². The first-order valence-corrected chi connectivity index (χ1v) is 11.3. The van der Waals surface area contributed by atoms with Gasteiger partial charge in [-0.2, -0.15) is 0 Å². The van der Waals surface area contributed by atoms with Crippen LogP contribution >= 0.6 is 11.3 Å². The Morgan fingerprint density at radius 1 is 0.871 bits per heavy atom. The van der Waals surface area contributed by atoms with Crippen LogP contribution in [0.3, 0.4) is 0 Å². The van der Waals surface area contributed by atoms with Gasteiger partial charge in [-0.15, -0.1) is 0 Å². The molecule has 0 saturated carbocycles. The molecule has 0 aliphatic rings. The van der Waals surface area contributed by atoms with Crippen molar-refractivity contribution in [2.75, 3.05) is 4.90 Å². The van der Waals surface area contributed by atoms with Crippen molar-refractivity contribution >= 4 is 43.4 Å². The third kappa shape index (κ3) is 3.71. The lowest BCUT2D eigenvalue weighted by Crippen LogP contribution is -2.30. The molecule has 1 heterocycles. The molecule has 1 amide bonds. The van der Waals surface area contributed by atoms with Crippen molar-refractivity contribution in [3.63, 3.8) is 0 Å². The van der Waals surface area contributed by atoms with Crippen LogP contribution in [0.5, 0.6) is 0 Å². The van der Waals surface area contributed by atoms with Crippen LogP contribution in [-0.4, -0.2) is 10.9 Å². The fraction of sp³-hybridized carbons (Fsp3) is 0.111. The van der Waals surface area contributed by atoms with Crippen LogP contribution in [0.25, 0.3) is 21.0 Å². The van der Waals surface area contributed by atoms with E-state index >= 15 is 0 Å². The fourth-order valence-electron chi connectivity index (χ4n) is 3.94. The normalized spacial score (nSPS) is 11.1. The van der Waals surface area contributed by atoms with Crippen molar-refractivity contribution in [2.24, 2.45) is 0 Å². The van der Waals surface area contributed by atoms with Crippen LogP contribution in [0.15, 0.2) is 91.0 Å². The minimum Gasteiger partial charge on any atom is -0.279 e. The number of rotatable bonds is 5. The van der Waals surface area contributed by atoms with Crippen molar-refractivity contribution in [1.29, 1.82) is 0 Å². The number of anilines is 1. The minimum atomic E-state index is -0.0299. The summed E-state index contributed by atoms with van der Waals surface area (Å²) < 4.78 is 1.11. The molecule has 0 aliphatic carbocycles. The Hall–Kier alpha value is -3.50. The Morgan fingerprint density at radius 3 is 2.45 bits per heavy atom. The number of para-hydroxylation sites is 1. The molecule has 1 aromatic heterocycles. The van der Waals surface area contributed by atoms with Gasteiger partial charge >= 0.3 is 0 Å². The van der Waals surface area contributed by atoms with E-state index in [9.17, 15) is 4.79 Å². The van der Waals surface area contributed by atoms with E-state index in [4.69, 9.17) is 4.98 Å². The van der Waals surface area contributed by atoms with Gasteiger partial charge in [0.1, 0.15) is 0 Å². The van der Waals surface area contributed by atoms with E-state index in [1.165, 1.54) is 5.56 Å². The molecule has 0 radical (unpaired) electrons. The Morgan fingerprint density at radius 2 is 1.61 bits per heavy atom. The second kappa shape index (κ2) is 8.32. The summed E-state index contributed by atoms with van der Waals surface area (Å²) in [5, 5.41) is 2.76. The predicted octanol–water partition coefficient (Wildman–Crippen LogP) is 6.86. The molecule has 0 aliphatic heterocycles. The summed E-state index contributed by atoms with van der Waals surface area (Å²) in [6, 6.07) is 30.3. The van der Waals surface area contributed by atoms with Crippen molar-refractivity contribution in [3.05, 3.63) is 108 Å². The van der Waals surface area contributed by atoms with Gasteiger partial charge in [0.05, 0.1) is 16.8 Å². The average molecular weight is 423 g/mol. The maximum Gasteiger partial charge on any atom is 0.261 e. The highest BCUT2D eigenvalue weighted by molar-refractivity contribution is 7.22. The zero-order valence-corrected chi connectivity index (χ0v) is 18.1. The largest absolute Gasteiger partial charge is 0.279 e. The highest BCUT2D eigenvalue weighted by Crippen LogP contribution is 2.33. The van der Waals surface area contributed by atoms with Gasteiger partial charge in [0.25, 0.3) is 5.91 Å². The van der Waals surface area contributed by atoms with E-state index in [2.05, 4.69) is 25.1 Å². The molecule has 0 unspecified atom stereocenters. The average Bonchev–Trinajstić information content (AvgIpc) is 3.26. The number of aryl methyl sites for hydroxylation is 1. The minimum absolute atomic E-state index is 0.0299. The highest BCUT2D eigenvalue weighted by atomic mass is 32.1. The number of nitrogens with zero attached hydrogens (tertiary/aromatic N) is 2. The molecule has 4 heteroatoms. The lowest BCUT2D eigenvalue weighted by atomic mass is 10.0. The van der Waals surface area contributed by atoms with Crippen LogP contribution in [0, 0.1) is 0 Å². The molecule has 4 aromatic carbocycles. The van der Waals surface area contributed by atoms with Crippen molar-refractivity contribution in [1.82, 2.24) is 4.98 Å². The van der Waals surface area contributed by atoms with Gasteiger partial charge in [0, 0.05) is 5.56 Å². The first kappa shape index (κ1) is 19.5. The van der Waals surface area contributed by atoms with Gasteiger partial charge in [0.2, 0.25) is 0 Å². The van der Waals surface area contributed by atoms with Crippen LogP contribution in [0.4, 0.5) is 5.13 Å². The van der Waals surface area contributed by atoms with Gasteiger partial charge in [-0.05, 0) is 40.5 Å². The first-order chi connectivity index (χ1) is 15.2. The Balaban J connectivity index is 1.65. The molecule has 5 rings (SSSR count). The molecule has 3 nitrogen and oxygen atoms in total. The van der Waals surface area contributed by atoms with E-state index in [-0.39, 0.29) is 5.91 Å². The maximum atomic E-state index is 13.9. The van der Waals surface area contributed by atoms with Gasteiger partial charge in [-0.1, -0.05) is 97.1 Å². The summed E-state index contributed by atoms with van der Waals surface area (Å²) in [5.74, 6) is -0.0299. The lowest BCUT2D eigenvalue weighted by Gasteiger charge is -2.21. The third-order valence-electron chi connectivity index (χ3n) is 5.55. The topological polar surface area (TPSA) is 33.2 Å². The second-order valence-corrected chi connectivity index (χ2v) is 8.53. The number of carbonyl (C=O) groups excluding carboxylic acids is 1. The molecule has 0 N–H and O–H groups in total. The van der Waals surface area contributed by atoms with Gasteiger partial charge in [-0.25, -0.2) is 4.98 Å². The molecular weight excluding hydrogens is 400 g/mol. The molecule has 152 valence electrons. The van der Waals surface area contributed by atoms with Crippen LogP contribution in [-0.2, 0) is 13.0 Å². The molecular formula is C27H22N2OS. The zero-order valence-electron chi connectivity index (χ0n) is 17.3. The van der Waals surface area contributed by atoms with Gasteiger partial charge < -0.3 is 0 Å². The number of aromatic nitrogens is 1. The summed E-state index contributed by atoms with van der Waals surface area (Å²) in [6.45, 7) is 2.61. The van der Waals surface area contributed by atoms with Crippen LogP contribution in [0.1, 0.15) is 28.4 Å². The quantitative estimate of drug-likeness (QED) is 0.310. The fourth-order valence-corrected chi connectivity index (χ4v) is 4.96. The molecule has 5 aromatic rings. The number of carbonyl (C=O) groups is 1. The second-order valence-electron chi connectivity index (χ2n) is 7.52. The van der Waals surface area contributed by atoms with E-state index in [1.807, 2.05) is 77.7 Å². The van der Waals surface area contributed by atoms with Crippen LogP contribution in [0.2, 0.25) is 0 Å². The summed E-state index contributed by atoms with van der Waals surface area (Å²) >= 11 is 1.58. The molecule has 31 heavy (non-hydrogen) atoms. The summed E-state index contributed by atoms with van der Waals surface area (Å²) in [5.41, 5.74) is 3.97. The molecule has 0 bridgehead atoms. The van der Waals surface area contributed by atoms with E-state index in [1.54, 1.807) is 11.3 Å². The maximum absolute atomic E-state index is 13.9. The Kier molecular flexibility index (Phi) is 5.23. The Labute approximate surface area is 185 Å². The molecule has 0 spiro atoms. The monoisotopic (exact) mass is 422 g/mol. The SMILES string of the molecule is CCc1cccc2sc(N(Cc3ccccc3)C(=O)c3cccc4ccccc34)nc12. The standard InChI is InChI=1S/C27H22N2OS/c1-2-20-13-9-17-24-25(20)28-27(31-24)29(18-19-10-4-3-5-11-19)26(30)23-16-8-14-21-12-6-7-15-22(21)23/h3-17H,2,18H2,1H3. The number of thiazole rings is 1. The molecule has 0 saturated heterocycles. The summed E-state index contributed by atoms with van der Waals surface area (Å²) in [6.07, 6.45) is 0.913. The number of fused-ring (bicyclic) bond motifs is 2. The predicted molar refractivity (Wildman–Crippen MR) is 130 cm³/mol. The summed E-state index contributed by atoms with van der Waals surface area (Å²) in [4.78, 5) is 20.6. The third-order valence-corrected chi connectivity index (χ3v) is 6.60. The number of benzene rings is 4. The zero-order chi connectivity index (χ0) is 21.2. The highest BCUT2D eigenvalue weighted by Gasteiger charge is 2.23.